The van der Waals surface area contributed by atoms with Crippen molar-refractivity contribution in [3.8, 4) is 6.07 Å². The summed E-state index contributed by atoms with van der Waals surface area (Å²) in [6.45, 7) is 0. The molecule has 0 amide bonds. The SMILES string of the molecule is N#Cc1ccccc1[C@@H]1C[C@H]1N. The predicted molar refractivity (Wildman–Crippen MR) is 46.5 cm³/mol. The second-order valence-electron chi connectivity index (χ2n) is 3.21. The maximum atomic E-state index is 8.79. The maximum absolute atomic E-state index is 8.79. The largest absolute Gasteiger partial charge is 0.327 e. The predicted octanol–water partition coefficient (Wildman–Crippen LogP) is 1.37. The Morgan fingerprint density at radius 1 is 1.42 bits per heavy atom. The van der Waals surface area contributed by atoms with Crippen molar-refractivity contribution < 1.29 is 0 Å². The van der Waals surface area contributed by atoms with E-state index in [2.05, 4.69) is 6.07 Å². The summed E-state index contributed by atoms with van der Waals surface area (Å²) < 4.78 is 0. The van der Waals surface area contributed by atoms with Crippen molar-refractivity contribution in [3.63, 3.8) is 0 Å². The first kappa shape index (κ1) is 7.33. The molecule has 0 aliphatic heterocycles. The second kappa shape index (κ2) is 2.62. The van der Waals surface area contributed by atoms with E-state index in [0.29, 0.717) is 5.92 Å². The normalized spacial score (nSPS) is 26.3. The van der Waals surface area contributed by atoms with Gasteiger partial charge >= 0.3 is 0 Å². The summed E-state index contributed by atoms with van der Waals surface area (Å²) in [6.07, 6.45) is 1.03. The summed E-state index contributed by atoms with van der Waals surface area (Å²) in [6, 6.07) is 10.1. The lowest BCUT2D eigenvalue weighted by atomic mass is 10.0. The number of rotatable bonds is 1. The van der Waals surface area contributed by atoms with Gasteiger partial charge in [0.1, 0.15) is 0 Å². The van der Waals surface area contributed by atoms with Crippen molar-refractivity contribution in [3.05, 3.63) is 35.4 Å². The number of hydrogen-bond donors (Lipinski definition) is 1. The minimum absolute atomic E-state index is 0.277. The highest BCUT2D eigenvalue weighted by Gasteiger charge is 2.36. The highest BCUT2D eigenvalue weighted by Crippen LogP contribution is 2.40. The van der Waals surface area contributed by atoms with E-state index in [9.17, 15) is 0 Å². The van der Waals surface area contributed by atoms with Gasteiger partial charge in [0, 0.05) is 12.0 Å². The van der Waals surface area contributed by atoms with E-state index in [-0.39, 0.29) is 6.04 Å². The summed E-state index contributed by atoms with van der Waals surface area (Å²) >= 11 is 0. The van der Waals surface area contributed by atoms with Gasteiger partial charge in [0.05, 0.1) is 11.6 Å². The van der Waals surface area contributed by atoms with Crippen LogP contribution in [0.4, 0.5) is 0 Å². The number of hydrogen-bond acceptors (Lipinski definition) is 2. The Labute approximate surface area is 71.6 Å². The van der Waals surface area contributed by atoms with Crippen molar-refractivity contribution in [2.24, 2.45) is 5.73 Å². The zero-order chi connectivity index (χ0) is 8.55. The van der Waals surface area contributed by atoms with E-state index in [1.807, 2.05) is 24.3 Å². The lowest BCUT2D eigenvalue weighted by Crippen LogP contribution is -2.01. The Morgan fingerprint density at radius 3 is 2.67 bits per heavy atom. The molecule has 2 rings (SSSR count). The molecule has 1 aliphatic carbocycles. The summed E-state index contributed by atoms with van der Waals surface area (Å²) in [7, 11) is 0. The number of nitrogens with two attached hydrogens (primary N) is 1. The maximum Gasteiger partial charge on any atom is 0.0994 e. The molecule has 1 aromatic carbocycles. The minimum atomic E-state index is 0.277. The van der Waals surface area contributed by atoms with Gasteiger partial charge in [0.25, 0.3) is 0 Å². The van der Waals surface area contributed by atoms with Crippen molar-refractivity contribution in [1.82, 2.24) is 0 Å². The Kier molecular flexibility index (Phi) is 1.60. The first-order valence-corrected chi connectivity index (χ1v) is 4.07. The van der Waals surface area contributed by atoms with Crippen LogP contribution in [-0.2, 0) is 0 Å². The van der Waals surface area contributed by atoms with Crippen LogP contribution in [-0.4, -0.2) is 6.04 Å². The molecule has 1 fully saturated rings. The summed E-state index contributed by atoms with van der Waals surface area (Å²) in [5.41, 5.74) is 7.60. The van der Waals surface area contributed by atoms with Gasteiger partial charge < -0.3 is 5.73 Å². The molecule has 0 spiro atoms. The zero-order valence-electron chi connectivity index (χ0n) is 6.70. The first-order valence-electron chi connectivity index (χ1n) is 4.07. The van der Waals surface area contributed by atoms with Crippen LogP contribution in [0.15, 0.2) is 24.3 Å². The van der Waals surface area contributed by atoms with Gasteiger partial charge in [-0.15, -0.1) is 0 Å². The van der Waals surface area contributed by atoms with Crippen molar-refractivity contribution in [1.29, 1.82) is 5.26 Å². The van der Waals surface area contributed by atoms with Crippen LogP contribution in [0.25, 0.3) is 0 Å². The summed E-state index contributed by atoms with van der Waals surface area (Å²) in [5, 5.41) is 8.79. The molecule has 0 bridgehead atoms. The molecule has 0 radical (unpaired) electrons. The van der Waals surface area contributed by atoms with E-state index in [1.54, 1.807) is 0 Å². The van der Waals surface area contributed by atoms with Gasteiger partial charge in [-0.2, -0.15) is 5.26 Å². The van der Waals surface area contributed by atoms with Gasteiger partial charge in [0.2, 0.25) is 0 Å². The molecule has 0 heterocycles. The molecular weight excluding hydrogens is 148 g/mol. The molecule has 12 heavy (non-hydrogen) atoms. The van der Waals surface area contributed by atoms with Gasteiger partial charge in [0.15, 0.2) is 0 Å². The van der Waals surface area contributed by atoms with Gasteiger partial charge in [-0.25, -0.2) is 0 Å². The Balaban J connectivity index is 2.38. The smallest absolute Gasteiger partial charge is 0.0994 e. The van der Waals surface area contributed by atoms with E-state index >= 15 is 0 Å². The van der Waals surface area contributed by atoms with E-state index < -0.39 is 0 Å². The highest BCUT2D eigenvalue weighted by atomic mass is 14.7. The monoisotopic (exact) mass is 158 g/mol. The van der Waals surface area contributed by atoms with E-state index in [1.165, 1.54) is 0 Å². The van der Waals surface area contributed by atoms with Crippen LogP contribution in [0.5, 0.6) is 0 Å². The highest BCUT2D eigenvalue weighted by molar-refractivity contribution is 5.42. The van der Waals surface area contributed by atoms with E-state index in [4.69, 9.17) is 11.0 Å². The second-order valence-corrected chi connectivity index (χ2v) is 3.21. The van der Waals surface area contributed by atoms with Crippen molar-refractivity contribution >= 4 is 0 Å². The molecular formula is C10H10N2. The van der Waals surface area contributed by atoms with E-state index in [0.717, 1.165) is 17.5 Å². The molecule has 1 saturated carbocycles. The molecule has 2 heteroatoms. The van der Waals surface area contributed by atoms with Crippen LogP contribution in [0.2, 0.25) is 0 Å². The zero-order valence-corrected chi connectivity index (χ0v) is 6.70. The summed E-state index contributed by atoms with van der Waals surface area (Å²) in [5.74, 6) is 0.431. The minimum Gasteiger partial charge on any atom is -0.327 e. The molecule has 0 saturated heterocycles. The van der Waals surface area contributed by atoms with Crippen molar-refractivity contribution in [2.45, 2.75) is 18.4 Å². The van der Waals surface area contributed by atoms with Crippen LogP contribution in [0.3, 0.4) is 0 Å². The standard InChI is InChI=1S/C10H10N2/c11-6-7-3-1-2-4-8(7)9-5-10(9)12/h1-4,9-10H,5,12H2/t9-,10+/m0/s1. The molecule has 1 aliphatic rings. The molecule has 2 N–H and O–H groups in total. The molecule has 60 valence electrons. The molecule has 2 atom stereocenters. The van der Waals surface area contributed by atoms with Crippen LogP contribution >= 0.6 is 0 Å². The lowest BCUT2D eigenvalue weighted by molar-refractivity contribution is 0.987. The van der Waals surface area contributed by atoms with Crippen LogP contribution in [0, 0.1) is 11.3 Å². The number of nitriles is 1. The van der Waals surface area contributed by atoms with Crippen LogP contribution < -0.4 is 5.73 Å². The fraction of sp³-hybridized carbons (Fsp3) is 0.300. The topological polar surface area (TPSA) is 49.8 Å². The molecule has 0 aromatic heterocycles. The third-order valence-electron chi connectivity index (χ3n) is 2.32. The number of benzene rings is 1. The number of nitrogens with zero attached hydrogens (tertiary/aromatic N) is 1. The quantitative estimate of drug-likeness (QED) is 0.671. The van der Waals surface area contributed by atoms with Gasteiger partial charge in [-0.05, 0) is 18.1 Å². The molecule has 2 nitrogen and oxygen atoms in total. The Morgan fingerprint density at radius 2 is 2.08 bits per heavy atom. The molecule has 0 unspecified atom stereocenters. The fourth-order valence-electron chi connectivity index (χ4n) is 1.49. The first-order chi connectivity index (χ1) is 5.83. The fourth-order valence-corrected chi connectivity index (χ4v) is 1.49. The average molecular weight is 158 g/mol. The third kappa shape index (κ3) is 1.09. The average Bonchev–Trinajstić information content (AvgIpc) is 2.83. The van der Waals surface area contributed by atoms with Gasteiger partial charge in [-0.1, -0.05) is 18.2 Å². The van der Waals surface area contributed by atoms with Crippen LogP contribution in [0.1, 0.15) is 23.5 Å². The summed E-state index contributed by atoms with van der Waals surface area (Å²) in [4.78, 5) is 0. The van der Waals surface area contributed by atoms with Crippen molar-refractivity contribution in [2.75, 3.05) is 0 Å². The van der Waals surface area contributed by atoms with Gasteiger partial charge in [-0.3, -0.25) is 0 Å². The Bertz CT molecular complexity index is 338. The Hall–Kier alpha value is -1.33. The third-order valence-corrected chi connectivity index (χ3v) is 2.32. The lowest BCUT2D eigenvalue weighted by Gasteiger charge is -1.99. The molecule has 1 aromatic rings.